The second kappa shape index (κ2) is 4.04. The molecule has 0 unspecified atom stereocenters. The van der Waals surface area contributed by atoms with Crippen LogP contribution < -0.4 is 0 Å². The second-order valence-electron chi connectivity index (χ2n) is 4.10. The van der Waals surface area contributed by atoms with Gasteiger partial charge in [0.2, 0.25) is 0 Å². The number of phenolic OH excluding ortho intramolecular Hbond substituents is 1. The summed E-state index contributed by atoms with van der Waals surface area (Å²) in [5.74, 6) is 0.119. The van der Waals surface area contributed by atoms with Gasteiger partial charge in [0.15, 0.2) is 6.29 Å². The van der Waals surface area contributed by atoms with E-state index in [1.54, 1.807) is 12.1 Å². The Kier molecular flexibility index (Phi) is 2.38. The number of aromatic amines is 1. The summed E-state index contributed by atoms with van der Waals surface area (Å²) in [6.07, 6.45) is 0.779. The maximum atomic E-state index is 11.3. The Hall–Kier alpha value is -2.55. The third-order valence-electron chi connectivity index (χ3n) is 3.02. The molecule has 0 atom stereocenters. The van der Waals surface area contributed by atoms with Crippen LogP contribution in [0.1, 0.15) is 10.4 Å². The number of benzene rings is 2. The number of carbonyl (C=O) groups excluding carboxylic acids is 1. The molecule has 1 heterocycles. The Morgan fingerprint density at radius 1 is 1.00 bits per heavy atom. The molecule has 0 saturated carbocycles. The van der Waals surface area contributed by atoms with E-state index < -0.39 is 0 Å². The molecule has 0 fully saturated rings. The van der Waals surface area contributed by atoms with Gasteiger partial charge in [-0.1, -0.05) is 36.4 Å². The van der Waals surface area contributed by atoms with Gasteiger partial charge in [-0.05, 0) is 17.7 Å². The third-order valence-corrected chi connectivity index (χ3v) is 3.02. The summed E-state index contributed by atoms with van der Waals surface area (Å²) in [6, 6.07) is 14.8. The number of aromatic hydroxyl groups is 1. The molecule has 3 aromatic rings. The van der Waals surface area contributed by atoms with Crippen molar-refractivity contribution in [1.82, 2.24) is 4.98 Å². The predicted molar refractivity (Wildman–Crippen MR) is 70.8 cm³/mol. The molecular formula is C15H11NO2. The lowest BCUT2D eigenvalue weighted by molar-refractivity contribution is 0.112. The van der Waals surface area contributed by atoms with Gasteiger partial charge in [0.1, 0.15) is 5.75 Å². The normalized spacial score (nSPS) is 10.7. The maximum absolute atomic E-state index is 11.3. The molecule has 0 saturated heterocycles. The molecular weight excluding hydrogens is 226 g/mol. The van der Waals surface area contributed by atoms with E-state index in [4.69, 9.17) is 0 Å². The second-order valence-corrected chi connectivity index (χ2v) is 4.10. The predicted octanol–water partition coefficient (Wildman–Crippen LogP) is 3.35. The van der Waals surface area contributed by atoms with Crippen LogP contribution in [0.4, 0.5) is 0 Å². The summed E-state index contributed by atoms with van der Waals surface area (Å²) in [4.78, 5) is 14.5. The molecule has 2 aromatic carbocycles. The number of fused-ring (bicyclic) bond motifs is 1. The van der Waals surface area contributed by atoms with Crippen LogP contribution in [0.15, 0.2) is 48.5 Å². The molecule has 0 aliphatic carbocycles. The van der Waals surface area contributed by atoms with Gasteiger partial charge in [0.25, 0.3) is 0 Å². The topological polar surface area (TPSA) is 53.1 Å². The van der Waals surface area contributed by atoms with E-state index >= 15 is 0 Å². The summed E-state index contributed by atoms with van der Waals surface area (Å²) >= 11 is 0. The van der Waals surface area contributed by atoms with E-state index in [0.29, 0.717) is 10.9 Å². The summed E-state index contributed by atoms with van der Waals surface area (Å²) in [6.45, 7) is 0. The zero-order valence-corrected chi connectivity index (χ0v) is 9.55. The van der Waals surface area contributed by atoms with Crippen molar-refractivity contribution < 1.29 is 9.90 Å². The van der Waals surface area contributed by atoms with E-state index in [-0.39, 0.29) is 5.75 Å². The van der Waals surface area contributed by atoms with Crippen LogP contribution in [0, 0.1) is 0 Å². The Morgan fingerprint density at radius 2 is 1.78 bits per heavy atom. The van der Waals surface area contributed by atoms with Crippen molar-refractivity contribution in [2.45, 2.75) is 0 Å². The first-order valence-corrected chi connectivity index (χ1v) is 5.65. The number of phenols is 1. The Balaban J connectivity index is 2.37. The molecule has 0 aliphatic rings. The van der Waals surface area contributed by atoms with Gasteiger partial charge < -0.3 is 10.1 Å². The first-order valence-electron chi connectivity index (χ1n) is 5.65. The van der Waals surface area contributed by atoms with Gasteiger partial charge in [0, 0.05) is 0 Å². The van der Waals surface area contributed by atoms with Crippen molar-refractivity contribution in [1.29, 1.82) is 0 Å². The molecule has 0 bridgehead atoms. The van der Waals surface area contributed by atoms with Gasteiger partial charge in [-0.2, -0.15) is 0 Å². The maximum Gasteiger partial charge on any atom is 0.152 e. The monoisotopic (exact) mass is 237 g/mol. The fourth-order valence-electron chi connectivity index (χ4n) is 2.20. The number of hydrogen-bond donors (Lipinski definition) is 2. The molecule has 18 heavy (non-hydrogen) atoms. The molecule has 88 valence electrons. The SMILES string of the molecule is O=Cc1c(-c2ccccc2)[nH]c2cccc(O)c12. The van der Waals surface area contributed by atoms with Crippen molar-refractivity contribution in [3.8, 4) is 17.0 Å². The van der Waals surface area contributed by atoms with Crippen LogP contribution in [0.25, 0.3) is 22.2 Å². The highest BCUT2D eigenvalue weighted by atomic mass is 16.3. The minimum atomic E-state index is 0.119. The molecule has 0 spiro atoms. The number of hydrogen-bond acceptors (Lipinski definition) is 2. The lowest BCUT2D eigenvalue weighted by Gasteiger charge is -1.98. The summed E-state index contributed by atoms with van der Waals surface area (Å²) in [7, 11) is 0. The van der Waals surface area contributed by atoms with Crippen LogP contribution in [-0.2, 0) is 0 Å². The first kappa shape index (κ1) is 10.6. The van der Waals surface area contributed by atoms with E-state index in [9.17, 15) is 9.90 Å². The number of rotatable bonds is 2. The Morgan fingerprint density at radius 3 is 2.50 bits per heavy atom. The van der Waals surface area contributed by atoms with Crippen molar-refractivity contribution in [3.63, 3.8) is 0 Å². The molecule has 3 rings (SSSR count). The van der Waals surface area contributed by atoms with Crippen LogP contribution in [-0.4, -0.2) is 16.4 Å². The number of aromatic nitrogens is 1. The average molecular weight is 237 g/mol. The third kappa shape index (κ3) is 1.49. The van der Waals surface area contributed by atoms with Gasteiger partial charge in [-0.25, -0.2) is 0 Å². The van der Waals surface area contributed by atoms with E-state index in [0.717, 1.165) is 23.1 Å². The fourth-order valence-corrected chi connectivity index (χ4v) is 2.20. The van der Waals surface area contributed by atoms with Crippen LogP contribution in [0.3, 0.4) is 0 Å². The highest BCUT2D eigenvalue weighted by Gasteiger charge is 2.14. The van der Waals surface area contributed by atoms with Crippen LogP contribution in [0.5, 0.6) is 5.75 Å². The summed E-state index contributed by atoms with van der Waals surface area (Å²) in [5, 5.41) is 10.4. The quantitative estimate of drug-likeness (QED) is 0.671. The van der Waals surface area contributed by atoms with Gasteiger partial charge in [0.05, 0.1) is 22.2 Å². The minimum Gasteiger partial charge on any atom is -0.507 e. The molecule has 0 amide bonds. The van der Waals surface area contributed by atoms with Crippen LogP contribution in [0.2, 0.25) is 0 Å². The Labute approximate surface area is 104 Å². The van der Waals surface area contributed by atoms with Gasteiger partial charge >= 0.3 is 0 Å². The van der Waals surface area contributed by atoms with E-state index in [1.165, 1.54) is 0 Å². The number of aldehydes is 1. The first-order chi connectivity index (χ1) is 8.81. The molecule has 3 heteroatoms. The number of nitrogens with one attached hydrogen (secondary N) is 1. The summed E-state index contributed by atoms with van der Waals surface area (Å²) in [5.41, 5.74) is 2.92. The lowest BCUT2D eigenvalue weighted by atomic mass is 10.1. The average Bonchev–Trinajstić information content (AvgIpc) is 2.79. The number of carbonyl (C=O) groups is 1. The van der Waals surface area contributed by atoms with Crippen molar-refractivity contribution >= 4 is 17.2 Å². The van der Waals surface area contributed by atoms with Crippen LogP contribution >= 0.6 is 0 Å². The van der Waals surface area contributed by atoms with Gasteiger partial charge in [-0.3, -0.25) is 4.79 Å². The minimum absolute atomic E-state index is 0.119. The highest BCUT2D eigenvalue weighted by Crippen LogP contribution is 2.33. The molecule has 2 N–H and O–H groups in total. The van der Waals surface area contributed by atoms with Crippen molar-refractivity contribution in [2.75, 3.05) is 0 Å². The highest BCUT2D eigenvalue weighted by molar-refractivity contribution is 6.06. The van der Waals surface area contributed by atoms with Crippen molar-refractivity contribution in [3.05, 3.63) is 54.1 Å². The zero-order valence-electron chi connectivity index (χ0n) is 9.55. The van der Waals surface area contributed by atoms with Crippen molar-refractivity contribution in [2.24, 2.45) is 0 Å². The number of H-pyrrole nitrogens is 1. The molecule has 3 nitrogen and oxygen atoms in total. The molecule has 0 radical (unpaired) electrons. The standard InChI is InChI=1S/C15H11NO2/c17-9-11-14-12(7-4-8-13(14)18)16-15(11)10-5-2-1-3-6-10/h1-9,16,18H. The molecule has 1 aromatic heterocycles. The fraction of sp³-hybridized carbons (Fsp3) is 0. The molecule has 0 aliphatic heterocycles. The Bertz CT molecular complexity index is 714. The van der Waals surface area contributed by atoms with Gasteiger partial charge in [-0.15, -0.1) is 0 Å². The smallest absolute Gasteiger partial charge is 0.152 e. The zero-order chi connectivity index (χ0) is 12.5. The largest absolute Gasteiger partial charge is 0.507 e. The van der Waals surface area contributed by atoms with E-state index in [2.05, 4.69) is 4.98 Å². The lowest BCUT2D eigenvalue weighted by Crippen LogP contribution is -1.83. The summed E-state index contributed by atoms with van der Waals surface area (Å²) < 4.78 is 0. The van der Waals surface area contributed by atoms with E-state index in [1.807, 2.05) is 36.4 Å².